The van der Waals surface area contributed by atoms with Gasteiger partial charge in [0.15, 0.2) is 17.1 Å². The Kier molecular flexibility index (Phi) is 8.23. The van der Waals surface area contributed by atoms with Gasteiger partial charge in [0.1, 0.15) is 5.75 Å². The lowest BCUT2D eigenvalue weighted by Crippen LogP contribution is -2.16. The van der Waals surface area contributed by atoms with Crippen LogP contribution >= 0.6 is 35.0 Å². The molecule has 0 aliphatic heterocycles. The third-order valence-electron chi connectivity index (χ3n) is 4.67. The lowest BCUT2D eigenvalue weighted by atomic mass is 10.2. The molecule has 1 unspecified atom stereocenters. The van der Waals surface area contributed by atoms with Gasteiger partial charge in [0.25, 0.3) is 0 Å². The molecule has 2 aromatic carbocycles. The van der Waals surface area contributed by atoms with Crippen LogP contribution in [-0.2, 0) is 11.3 Å². The van der Waals surface area contributed by atoms with Gasteiger partial charge in [0.05, 0.1) is 5.75 Å². The van der Waals surface area contributed by atoms with E-state index in [0.29, 0.717) is 33.3 Å². The lowest BCUT2D eigenvalue weighted by molar-refractivity contribution is -0.113. The predicted octanol–water partition coefficient (Wildman–Crippen LogP) is 6.26. The predicted molar refractivity (Wildman–Crippen MR) is 131 cm³/mol. The molecule has 1 aromatic heterocycles. The van der Waals surface area contributed by atoms with E-state index in [-0.39, 0.29) is 17.8 Å². The van der Waals surface area contributed by atoms with E-state index in [1.165, 1.54) is 11.8 Å². The zero-order valence-electron chi connectivity index (χ0n) is 18.1. The molecule has 0 saturated carbocycles. The van der Waals surface area contributed by atoms with Gasteiger partial charge in [-0.2, -0.15) is 0 Å². The second-order valence-electron chi connectivity index (χ2n) is 7.21. The molecule has 1 amide bonds. The number of hydrogen-bond donors (Lipinski definition) is 1. The Labute approximate surface area is 202 Å². The number of ether oxygens (including phenoxy) is 1. The first kappa shape index (κ1) is 24.2. The number of anilines is 1. The van der Waals surface area contributed by atoms with Gasteiger partial charge >= 0.3 is 0 Å². The summed E-state index contributed by atoms with van der Waals surface area (Å²) in [6.07, 6.45) is 1.40. The van der Waals surface area contributed by atoms with Crippen molar-refractivity contribution in [3.63, 3.8) is 0 Å². The summed E-state index contributed by atoms with van der Waals surface area (Å²) < 4.78 is 7.99. The molecule has 0 radical (unpaired) electrons. The highest BCUT2D eigenvalue weighted by Gasteiger charge is 2.20. The number of hydrogen-bond acceptors (Lipinski definition) is 5. The summed E-state index contributed by atoms with van der Waals surface area (Å²) in [4.78, 5) is 12.5. The van der Waals surface area contributed by atoms with Crippen LogP contribution in [0.25, 0.3) is 0 Å². The molecule has 168 valence electrons. The van der Waals surface area contributed by atoms with Crippen molar-refractivity contribution in [2.75, 3.05) is 11.1 Å². The molecule has 0 aliphatic carbocycles. The molecule has 3 aromatic rings. The van der Waals surface area contributed by atoms with Crippen LogP contribution in [0.5, 0.6) is 5.75 Å². The highest BCUT2D eigenvalue weighted by molar-refractivity contribution is 7.99. The molecular formula is C23H24Cl2N4O2S. The minimum atomic E-state index is -0.361. The van der Waals surface area contributed by atoms with Gasteiger partial charge in [-0.15, -0.1) is 16.8 Å². The van der Waals surface area contributed by atoms with Crippen LogP contribution in [0.3, 0.4) is 0 Å². The van der Waals surface area contributed by atoms with Gasteiger partial charge in [0, 0.05) is 22.3 Å². The molecule has 1 heterocycles. The average molecular weight is 491 g/mol. The third kappa shape index (κ3) is 6.06. The Balaban J connectivity index is 1.70. The summed E-state index contributed by atoms with van der Waals surface area (Å²) in [7, 11) is 0. The van der Waals surface area contributed by atoms with E-state index in [2.05, 4.69) is 22.1 Å². The number of benzene rings is 2. The molecule has 0 fully saturated rings. The highest BCUT2D eigenvalue weighted by atomic mass is 35.5. The van der Waals surface area contributed by atoms with Crippen LogP contribution in [0.2, 0.25) is 10.0 Å². The number of carbonyl (C=O) groups excluding carboxylic acids is 1. The largest absolute Gasteiger partial charge is 0.482 e. The van der Waals surface area contributed by atoms with Gasteiger partial charge in [-0.25, -0.2) is 0 Å². The second kappa shape index (κ2) is 10.9. The van der Waals surface area contributed by atoms with Gasteiger partial charge < -0.3 is 10.1 Å². The van der Waals surface area contributed by atoms with Crippen molar-refractivity contribution in [3.05, 3.63) is 76.0 Å². The van der Waals surface area contributed by atoms with Crippen LogP contribution in [0.4, 0.5) is 5.69 Å². The fourth-order valence-electron chi connectivity index (χ4n) is 3.04. The first-order valence-electron chi connectivity index (χ1n) is 9.94. The van der Waals surface area contributed by atoms with Crippen LogP contribution in [-0.4, -0.2) is 26.4 Å². The van der Waals surface area contributed by atoms with Crippen LogP contribution in [0.15, 0.2) is 54.2 Å². The van der Waals surface area contributed by atoms with Gasteiger partial charge in [-0.3, -0.25) is 9.36 Å². The molecule has 9 heteroatoms. The van der Waals surface area contributed by atoms with Crippen LogP contribution < -0.4 is 10.1 Å². The van der Waals surface area contributed by atoms with Crippen molar-refractivity contribution in [2.24, 2.45) is 0 Å². The minimum absolute atomic E-state index is 0.156. The fourth-order valence-corrected chi connectivity index (χ4v) is 4.20. The van der Waals surface area contributed by atoms with Gasteiger partial charge in [0.2, 0.25) is 5.91 Å². The number of rotatable bonds is 9. The number of aromatic nitrogens is 3. The van der Waals surface area contributed by atoms with Crippen molar-refractivity contribution in [1.29, 1.82) is 0 Å². The second-order valence-corrected chi connectivity index (χ2v) is 9.02. The number of halogens is 2. The molecule has 0 saturated heterocycles. The number of nitrogens with one attached hydrogen (secondary N) is 1. The number of thioether (sulfide) groups is 1. The third-order valence-corrected chi connectivity index (χ3v) is 6.10. The summed E-state index contributed by atoms with van der Waals surface area (Å²) in [5, 5.41) is 13.3. The first-order valence-corrected chi connectivity index (χ1v) is 11.7. The van der Waals surface area contributed by atoms with Crippen molar-refractivity contribution in [1.82, 2.24) is 14.8 Å². The van der Waals surface area contributed by atoms with E-state index in [0.717, 1.165) is 16.9 Å². The molecule has 1 atom stereocenters. The van der Waals surface area contributed by atoms with E-state index in [4.69, 9.17) is 27.9 Å². The SMILES string of the molecule is C=CCn1c(SCC(=O)Nc2cc(Cl)ccc2C)nnc1C(C)Oc1ccc(Cl)cc1C. The van der Waals surface area contributed by atoms with E-state index in [9.17, 15) is 4.79 Å². The molecular weight excluding hydrogens is 467 g/mol. The van der Waals surface area contributed by atoms with E-state index in [1.807, 2.05) is 43.5 Å². The summed E-state index contributed by atoms with van der Waals surface area (Å²) in [6.45, 7) is 10.1. The maximum Gasteiger partial charge on any atom is 0.234 e. The Bertz CT molecular complexity index is 1130. The quantitative estimate of drug-likeness (QED) is 0.283. The number of allylic oxidation sites excluding steroid dienone is 1. The molecule has 0 bridgehead atoms. The molecule has 32 heavy (non-hydrogen) atoms. The van der Waals surface area contributed by atoms with E-state index in [1.54, 1.807) is 24.3 Å². The van der Waals surface area contributed by atoms with Crippen molar-refractivity contribution in [2.45, 2.75) is 38.6 Å². The lowest BCUT2D eigenvalue weighted by Gasteiger charge is -2.17. The smallest absolute Gasteiger partial charge is 0.234 e. The van der Waals surface area contributed by atoms with E-state index < -0.39 is 0 Å². The van der Waals surface area contributed by atoms with Crippen LogP contribution in [0.1, 0.15) is 30.0 Å². The van der Waals surface area contributed by atoms with Crippen molar-refractivity contribution >= 4 is 46.6 Å². The number of aryl methyl sites for hydroxylation is 2. The topological polar surface area (TPSA) is 69.0 Å². The average Bonchev–Trinajstić information content (AvgIpc) is 3.14. The summed E-state index contributed by atoms with van der Waals surface area (Å²) in [6, 6.07) is 10.8. The minimum Gasteiger partial charge on any atom is -0.482 e. The number of nitrogens with zero attached hydrogens (tertiary/aromatic N) is 3. The molecule has 6 nitrogen and oxygen atoms in total. The summed E-state index contributed by atoms with van der Waals surface area (Å²) >= 11 is 13.4. The number of amides is 1. The Morgan fingerprint density at radius 2 is 1.91 bits per heavy atom. The molecule has 3 rings (SSSR count). The standard InChI is InChI=1S/C23H24Cl2N4O2S/c1-5-10-29-22(16(4)31-20-9-8-17(24)11-15(20)3)27-28-23(29)32-13-21(30)26-19-12-18(25)7-6-14(19)2/h5-9,11-12,16H,1,10,13H2,2-4H3,(H,26,30). The van der Waals surface area contributed by atoms with Crippen molar-refractivity contribution < 1.29 is 9.53 Å². The fraction of sp³-hybridized carbons (Fsp3) is 0.261. The zero-order chi connectivity index (χ0) is 23.3. The highest BCUT2D eigenvalue weighted by Crippen LogP contribution is 2.28. The summed E-state index contributed by atoms with van der Waals surface area (Å²) in [5.41, 5.74) is 2.56. The Morgan fingerprint density at radius 3 is 2.62 bits per heavy atom. The Morgan fingerprint density at radius 1 is 1.19 bits per heavy atom. The first-order chi connectivity index (χ1) is 15.3. The van der Waals surface area contributed by atoms with Gasteiger partial charge in [-0.1, -0.05) is 47.1 Å². The summed E-state index contributed by atoms with van der Waals surface area (Å²) in [5.74, 6) is 1.39. The van der Waals surface area contributed by atoms with E-state index >= 15 is 0 Å². The molecule has 1 N–H and O–H groups in total. The maximum atomic E-state index is 12.5. The van der Waals surface area contributed by atoms with Crippen molar-refractivity contribution in [3.8, 4) is 5.75 Å². The normalized spacial score (nSPS) is 11.8. The van der Waals surface area contributed by atoms with Gasteiger partial charge in [-0.05, 0) is 62.2 Å². The van der Waals surface area contributed by atoms with Crippen LogP contribution in [0, 0.1) is 13.8 Å². The molecule has 0 spiro atoms. The maximum absolute atomic E-state index is 12.5. The Hall–Kier alpha value is -2.48. The number of carbonyl (C=O) groups is 1. The zero-order valence-corrected chi connectivity index (χ0v) is 20.4. The molecule has 0 aliphatic rings. The monoisotopic (exact) mass is 490 g/mol.